The van der Waals surface area contributed by atoms with Gasteiger partial charge in [0.1, 0.15) is 29.2 Å². The standard InChI is InChI=1S/C21H22FN3O3/c1-14(28-18-10-6-16(22)7-11-18)21(26)24-19(20-23-12-13-25(20)2)15-4-8-17(27-3)9-5-15/h4-14,19H,1-3H3,(H,24,26)/t14-,19+/m1/s1. The zero-order valence-corrected chi connectivity index (χ0v) is 15.9. The summed E-state index contributed by atoms with van der Waals surface area (Å²) in [7, 11) is 3.46. The van der Waals surface area contributed by atoms with Crippen molar-refractivity contribution in [3.63, 3.8) is 0 Å². The van der Waals surface area contributed by atoms with Gasteiger partial charge in [0.2, 0.25) is 0 Å². The first-order valence-electron chi connectivity index (χ1n) is 8.81. The molecule has 0 saturated heterocycles. The minimum atomic E-state index is -0.772. The minimum Gasteiger partial charge on any atom is -0.497 e. The summed E-state index contributed by atoms with van der Waals surface area (Å²) < 4.78 is 25.7. The summed E-state index contributed by atoms with van der Waals surface area (Å²) in [6.07, 6.45) is 2.72. The molecule has 0 saturated carbocycles. The Morgan fingerprint density at radius 1 is 1.11 bits per heavy atom. The third-order valence-electron chi connectivity index (χ3n) is 4.35. The Morgan fingerprint density at radius 2 is 1.75 bits per heavy atom. The molecule has 1 amide bonds. The number of imidazole rings is 1. The Labute approximate surface area is 162 Å². The molecule has 28 heavy (non-hydrogen) atoms. The van der Waals surface area contributed by atoms with Gasteiger partial charge in [-0.25, -0.2) is 9.37 Å². The van der Waals surface area contributed by atoms with E-state index in [0.29, 0.717) is 11.6 Å². The molecule has 0 unspecified atom stereocenters. The summed E-state index contributed by atoms with van der Waals surface area (Å²) in [6, 6.07) is 12.5. The number of methoxy groups -OCH3 is 1. The largest absolute Gasteiger partial charge is 0.497 e. The van der Waals surface area contributed by atoms with Gasteiger partial charge in [0.15, 0.2) is 6.10 Å². The smallest absolute Gasteiger partial charge is 0.261 e. The van der Waals surface area contributed by atoms with Crippen molar-refractivity contribution in [2.45, 2.75) is 19.1 Å². The molecule has 0 aliphatic heterocycles. The van der Waals surface area contributed by atoms with E-state index in [1.54, 1.807) is 20.2 Å². The van der Waals surface area contributed by atoms with Crippen molar-refractivity contribution in [1.82, 2.24) is 14.9 Å². The summed E-state index contributed by atoms with van der Waals surface area (Å²) >= 11 is 0. The SMILES string of the molecule is COc1ccc([C@H](NC(=O)[C@@H](C)Oc2ccc(F)cc2)c2nccn2C)cc1. The van der Waals surface area contributed by atoms with Gasteiger partial charge >= 0.3 is 0 Å². The number of halogens is 1. The number of rotatable bonds is 7. The van der Waals surface area contributed by atoms with Crippen molar-refractivity contribution in [2.75, 3.05) is 7.11 Å². The first-order chi connectivity index (χ1) is 13.5. The van der Waals surface area contributed by atoms with Gasteiger partial charge in [-0.05, 0) is 48.9 Å². The molecule has 3 rings (SSSR count). The van der Waals surface area contributed by atoms with E-state index in [1.807, 2.05) is 42.1 Å². The predicted molar refractivity (Wildman–Crippen MR) is 103 cm³/mol. The van der Waals surface area contributed by atoms with E-state index in [9.17, 15) is 9.18 Å². The molecule has 0 aliphatic rings. The normalized spacial score (nSPS) is 12.9. The molecule has 0 aliphatic carbocycles. The number of benzene rings is 2. The maximum atomic E-state index is 13.0. The molecule has 1 N–H and O–H groups in total. The number of hydrogen-bond donors (Lipinski definition) is 1. The van der Waals surface area contributed by atoms with Crippen molar-refractivity contribution in [3.05, 3.63) is 78.1 Å². The zero-order valence-electron chi connectivity index (χ0n) is 15.9. The van der Waals surface area contributed by atoms with Crippen LogP contribution in [-0.4, -0.2) is 28.7 Å². The van der Waals surface area contributed by atoms with Gasteiger partial charge in [0, 0.05) is 19.4 Å². The number of aryl methyl sites for hydroxylation is 1. The van der Waals surface area contributed by atoms with Gasteiger partial charge in [0.05, 0.1) is 7.11 Å². The summed E-state index contributed by atoms with van der Waals surface area (Å²) in [4.78, 5) is 17.1. The van der Waals surface area contributed by atoms with Crippen LogP contribution in [0.5, 0.6) is 11.5 Å². The quantitative estimate of drug-likeness (QED) is 0.680. The van der Waals surface area contributed by atoms with E-state index in [4.69, 9.17) is 9.47 Å². The Kier molecular flexibility index (Phi) is 5.93. The molecule has 1 aromatic heterocycles. The molecule has 7 heteroatoms. The monoisotopic (exact) mass is 383 g/mol. The molecule has 1 heterocycles. The van der Waals surface area contributed by atoms with Gasteiger partial charge in [-0.2, -0.15) is 0 Å². The molecular weight excluding hydrogens is 361 g/mol. The number of ether oxygens (including phenoxy) is 2. The van der Waals surface area contributed by atoms with Gasteiger partial charge in [0.25, 0.3) is 5.91 Å². The van der Waals surface area contributed by atoms with Crippen LogP contribution in [0.15, 0.2) is 60.9 Å². The maximum absolute atomic E-state index is 13.0. The highest BCUT2D eigenvalue weighted by Crippen LogP contribution is 2.23. The van der Waals surface area contributed by atoms with Crippen LogP contribution in [0.1, 0.15) is 24.4 Å². The summed E-state index contributed by atoms with van der Waals surface area (Å²) in [6.45, 7) is 1.64. The number of amides is 1. The lowest BCUT2D eigenvalue weighted by molar-refractivity contribution is -0.127. The third kappa shape index (κ3) is 4.49. The van der Waals surface area contributed by atoms with Crippen LogP contribution < -0.4 is 14.8 Å². The maximum Gasteiger partial charge on any atom is 0.261 e. The Bertz CT molecular complexity index is 923. The van der Waals surface area contributed by atoms with E-state index in [-0.39, 0.29) is 11.7 Å². The van der Waals surface area contributed by atoms with Crippen LogP contribution >= 0.6 is 0 Å². The Balaban J connectivity index is 1.79. The predicted octanol–water partition coefficient (Wildman–Crippen LogP) is 3.24. The van der Waals surface area contributed by atoms with Crippen molar-refractivity contribution in [2.24, 2.45) is 7.05 Å². The fourth-order valence-electron chi connectivity index (χ4n) is 2.78. The second kappa shape index (κ2) is 8.56. The van der Waals surface area contributed by atoms with Crippen molar-refractivity contribution in [1.29, 1.82) is 0 Å². The number of nitrogens with one attached hydrogen (secondary N) is 1. The summed E-state index contributed by atoms with van der Waals surface area (Å²) in [5.74, 6) is 1.16. The lowest BCUT2D eigenvalue weighted by atomic mass is 10.1. The van der Waals surface area contributed by atoms with Gasteiger partial charge < -0.3 is 19.4 Å². The van der Waals surface area contributed by atoms with Crippen LogP contribution in [0.3, 0.4) is 0 Å². The minimum absolute atomic E-state index is 0.312. The van der Waals surface area contributed by atoms with Crippen molar-refractivity contribution >= 4 is 5.91 Å². The number of nitrogens with zero attached hydrogens (tertiary/aromatic N) is 2. The van der Waals surface area contributed by atoms with Crippen LogP contribution in [0.25, 0.3) is 0 Å². The molecular formula is C21H22FN3O3. The number of hydrogen-bond acceptors (Lipinski definition) is 4. The molecule has 0 bridgehead atoms. The highest BCUT2D eigenvalue weighted by molar-refractivity contribution is 5.81. The fourth-order valence-corrected chi connectivity index (χ4v) is 2.78. The molecule has 6 nitrogen and oxygen atoms in total. The summed E-state index contributed by atoms with van der Waals surface area (Å²) in [5.41, 5.74) is 0.859. The average Bonchev–Trinajstić information content (AvgIpc) is 3.13. The molecule has 2 aromatic carbocycles. The van der Waals surface area contributed by atoms with Gasteiger partial charge in [-0.3, -0.25) is 4.79 Å². The van der Waals surface area contributed by atoms with E-state index in [1.165, 1.54) is 24.3 Å². The van der Waals surface area contributed by atoms with Crippen molar-refractivity contribution < 1.29 is 18.7 Å². The van der Waals surface area contributed by atoms with Crippen LogP contribution in [0.4, 0.5) is 4.39 Å². The van der Waals surface area contributed by atoms with E-state index < -0.39 is 12.1 Å². The lowest BCUT2D eigenvalue weighted by Crippen LogP contribution is -2.39. The Morgan fingerprint density at radius 3 is 2.32 bits per heavy atom. The van der Waals surface area contributed by atoms with Gasteiger partial charge in [-0.1, -0.05) is 12.1 Å². The molecule has 0 fully saturated rings. The first-order valence-corrected chi connectivity index (χ1v) is 8.81. The fraction of sp³-hybridized carbons (Fsp3) is 0.238. The van der Waals surface area contributed by atoms with Crippen LogP contribution in [-0.2, 0) is 11.8 Å². The van der Waals surface area contributed by atoms with Gasteiger partial charge in [-0.15, -0.1) is 0 Å². The Hall–Kier alpha value is -3.35. The number of carbonyl (C=O) groups excluding carboxylic acids is 1. The molecule has 2 atom stereocenters. The van der Waals surface area contributed by atoms with E-state index >= 15 is 0 Å². The zero-order chi connectivity index (χ0) is 20.1. The molecule has 146 valence electrons. The van der Waals surface area contributed by atoms with E-state index in [0.717, 1.165) is 11.3 Å². The molecule has 0 spiro atoms. The lowest BCUT2D eigenvalue weighted by Gasteiger charge is -2.22. The highest BCUT2D eigenvalue weighted by Gasteiger charge is 2.24. The topological polar surface area (TPSA) is 65.4 Å². The molecule has 3 aromatic rings. The number of aromatic nitrogens is 2. The number of carbonyl (C=O) groups is 1. The first kappa shape index (κ1) is 19.4. The van der Waals surface area contributed by atoms with Crippen molar-refractivity contribution in [3.8, 4) is 11.5 Å². The highest BCUT2D eigenvalue weighted by atomic mass is 19.1. The van der Waals surface area contributed by atoms with Crippen LogP contribution in [0, 0.1) is 5.82 Å². The van der Waals surface area contributed by atoms with E-state index in [2.05, 4.69) is 10.3 Å². The second-order valence-electron chi connectivity index (χ2n) is 6.33. The summed E-state index contributed by atoms with van der Waals surface area (Å²) in [5, 5.41) is 2.98. The third-order valence-corrected chi connectivity index (χ3v) is 4.35. The average molecular weight is 383 g/mol. The second-order valence-corrected chi connectivity index (χ2v) is 6.33. The molecule has 0 radical (unpaired) electrons. The van der Waals surface area contributed by atoms with Crippen LogP contribution in [0.2, 0.25) is 0 Å².